The molecule has 0 rings (SSSR count). The number of rotatable bonds is 4. The predicted molar refractivity (Wildman–Crippen MR) is 54.8 cm³/mol. The molecule has 0 aliphatic heterocycles. The molecule has 0 heterocycles. The standard InChI is InChI=1S/C10H14N2O/c1-3-9(5-4-8-11)6-7-10(13)12-2/h3-8H,1,11H2,2H3,(H,12,13)/b7-6?,8-4-,9-5+. The molecule has 0 bridgehead atoms. The molecule has 0 aromatic rings. The van der Waals surface area contributed by atoms with Crippen molar-refractivity contribution in [2.75, 3.05) is 7.05 Å². The average Bonchev–Trinajstić information content (AvgIpc) is 2.17. The van der Waals surface area contributed by atoms with E-state index in [9.17, 15) is 4.79 Å². The summed E-state index contributed by atoms with van der Waals surface area (Å²) < 4.78 is 0. The minimum Gasteiger partial charge on any atom is -0.405 e. The Morgan fingerprint density at radius 1 is 1.46 bits per heavy atom. The van der Waals surface area contributed by atoms with Crippen molar-refractivity contribution in [3.63, 3.8) is 0 Å². The van der Waals surface area contributed by atoms with Gasteiger partial charge < -0.3 is 11.1 Å². The molecule has 0 atom stereocenters. The third-order valence-electron chi connectivity index (χ3n) is 1.31. The van der Waals surface area contributed by atoms with Gasteiger partial charge >= 0.3 is 0 Å². The highest BCUT2D eigenvalue weighted by atomic mass is 16.1. The third kappa shape index (κ3) is 5.49. The zero-order valence-corrected chi connectivity index (χ0v) is 7.66. The second-order valence-electron chi connectivity index (χ2n) is 2.20. The van der Waals surface area contributed by atoms with E-state index in [1.54, 1.807) is 31.4 Å². The van der Waals surface area contributed by atoms with Gasteiger partial charge in [-0.1, -0.05) is 18.7 Å². The van der Waals surface area contributed by atoms with Crippen molar-refractivity contribution in [2.45, 2.75) is 0 Å². The van der Waals surface area contributed by atoms with Crippen molar-refractivity contribution in [1.29, 1.82) is 0 Å². The molecule has 0 radical (unpaired) electrons. The Hall–Kier alpha value is -1.77. The van der Waals surface area contributed by atoms with Crippen molar-refractivity contribution in [3.05, 3.63) is 48.7 Å². The van der Waals surface area contributed by atoms with Crippen LogP contribution in [0.5, 0.6) is 0 Å². The summed E-state index contributed by atoms with van der Waals surface area (Å²) in [4.78, 5) is 10.8. The van der Waals surface area contributed by atoms with Crippen LogP contribution in [0.1, 0.15) is 0 Å². The van der Waals surface area contributed by atoms with Gasteiger partial charge in [0.1, 0.15) is 0 Å². The van der Waals surface area contributed by atoms with E-state index in [1.807, 2.05) is 0 Å². The maximum Gasteiger partial charge on any atom is 0.243 e. The summed E-state index contributed by atoms with van der Waals surface area (Å²) in [6.45, 7) is 3.59. The van der Waals surface area contributed by atoms with Gasteiger partial charge in [0.2, 0.25) is 5.91 Å². The number of carbonyl (C=O) groups excluding carboxylic acids is 1. The molecule has 70 valence electrons. The molecule has 0 spiro atoms. The SMILES string of the molecule is C=C/C(C=CC(=O)NC)=C\C=C/N. The largest absolute Gasteiger partial charge is 0.405 e. The number of nitrogens with two attached hydrogens (primary N) is 1. The Morgan fingerprint density at radius 2 is 2.15 bits per heavy atom. The highest BCUT2D eigenvalue weighted by molar-refractivity contribution is 5.87. The Balaban J connectivity index is 4.36. The van der Waals surface area contributed by atoms with Crippen molar-refractivity contribution in [2.24, 2.45) is 5.73 Å². The first kappa shape index (κ1) is 11.2. The minimum absolute atomic E-state index is 0.149. The highest BCUT2D eigenvalue weighted by Crippen LogP contribution is 1.97. The molecule has 0 aliphatic rings. The summed E-state index contributed by atoms with van der Waals surface area (Å²) in [5.41, 5.74) is 5.98. The van der Waals surface area contributed by atoms with Gasteiger partial charge in [0.05, 0.1) is 0 Å². The second-order valence-corrected chi connectivity index (χ2v) is 2.20. The molecule has 1 amide bonds. The van der Waals surface area contributed by atoms with E-state index < -0.39 is 0 Å². The number of likely N-dealkylation sites (N-methyl/N-ethyl adjacent to an activating group) is 1. The van der Waals surface area contributed by atoms with Gasteiger partial charge in [0.15, 0.2) is 0 Å². The summed E-state index contributed by atoms with van der Waals surface area (Å²) in [6.07, 6.45) is 9.57. The lowest BCUT2D eigenvalue weighted by Crippen LogP contribution is -2.13. The smallest absolute Gasteiger partial charge is 0.243 e. The van der Waals surface area contributed by atoms with Crippen LogP contribution in [0.25, 0.3) is 0 Å². The molecular weight excluding hydrogens is 164 g/mol. The second kappa shape index (κ2) is 6.91. The Kier molecular flexibility index (Phi) is 5.97. The number of amides is 1. The number of hydrogen-bond donors (Lipinski definition) is 2. The molecule has 3 nitrogen and oxygen atoms in total. The van der Waals surface area contributed by atoms with Crippen molar-refractivity contribution < 1.29 is 4.79 Å². The lowest BCUT2D eigenvalue weighted by atomic mass is 10.2. The summed E-state index contributed by atoms with van der Waals surface area (Å²) >= 11 is 0. The Morgan fingerprint density at radius 3 is 2.62 bits per heavy atom. The molecule has 0 unspecified atom stereocenters. The fourth-order valence-electron chi connectivity index (χ4n) is 0.614. The summed E-state index contributed by atoms with van der Waals surface area (Å²) in [7, 11) is 1.57. The molecular formula is C10H14N2O. The Labute approximate surface area is 78.3 Å². The van der Waals surface area contributed by atoms with Crippen molar-refractivity contribution >= 4 is 5.91 Å². The van der Waals surface area contributed by atoms with E-state index in [4.69, 9.17) is 5.73 Å². The van der Waals surface area contributed by atoms with Gasteiger partial charge in [-0.25, -0.2) is 0 Å². The van der Waals surface area contributed by atoms with Gasteiger partial charge in [0.25, 0.3) is 0 Å². The van der Waals surface area contributed by atoms with Gasteiger partial charge in [0, 0.05) is 13.1 Å². The summed E-state index contributed by atoms with van der Waals surface area (Å²) in [5.74, 6) is -0.149. The van der Waals surface area contributed by atoms with Crippen LogP contribution in [0.2, 0.25) is 0 Å². The number of allylic oxidation sites excluding steroid dienone is 5. The van der Waals surface area contributed by atoms with Gasteiger partial charge in [-0.05, 0) is 23.9 Å². The van der Waals surface area contributed by atoms with Crippen LogP contribution in [0, 0.1) is 0 Å². The zero-order chi connectivity index (χ0) is 10.1. The number of nitrogens with one attached hydrogen (secondary N) is 1. The van der Waals surface area contributed by atoms with Crippen molar-refractivity contribution in [3.8, 4) is 0 Å². The fourth-order valence-corrected chi connectivity index (χ4v) is 0.614. The van der Waals surface area contributed by atoms with Crippen LogP contribution < -0.4 is 11.1 Å². The fraction of sp³-hybridized carbons (Fsp3) is 0.100. The van der Waals surface area contributed by atoms with E-state index in [0.29, 0.717) is 0 Å². The first-order valence-corrected chi connectivity index (χ1v) is 3.85. The van der Waals surface area contributed by atoms with Crippen LogP contribution in [-0.2, 0) is 4.79 Å². The van der Waals surface area contributed by atoms with Gasteiger partial charge in [-0.15, -0.1) is 0 Å². The topological polar surface area (TPSA) is 55.1 Å². The molecule has 0 fully saturated rings. The van der Waals surface area contributed by atoms with Crippen LogP contribution in [-0.4, -0.2) is 13.0 Å². The molecule has 3 N–H and O–H groups in total. The molecule has 0 aromatic carbocycles. The molecule has 0 saturated carbocycles. The summed E-state index contributed by atoms with van der Waals surface area (Å²) in [5, 5.41) is 2.47. The Bertz CT molecular complexity index is 262. The molecule has 0 saturated heterocycles. The normalized spacial score (nSPS) is 12.2. The number of hydrogen-bond acceptors (Lipinski definition) is 2. The van der Waals surface area contributed by atoms with Crippen LogP contribution in [0.15, 0.2) is 48.7 Å². The van der Waals surface area contributed by atoms with Crippen LogP contribution in [0.4, 0.5) is 0 Å². The maximum absolute atomic E-state index is 10.8. The van der Waals surface area contributed by atoms with E-state index in [2.05, 4.69) is 11.9 Å². The van der Waals surface area contributed by atoms with E-state index in [0.717, 1.165) is 5.57 Å². The zero-order valence-electron chi connectivity index (χ0n) is 7.66. The summed E-state index contributed by atoms with van der Waals surface area (Å²) in [6, 6.07) is 0. The van der Waals surface area contributed by atoms with E-state index in [1.165, 1.54) is 12.3 Å². The van der Waals surface area contributed by atoms with Crippen LogP contribution in [0.3, 0.4) is 0 Å². The van der Waals surface area contributed by atoms with E-state index in [-0.39, 0.29) is 5.91 Å². The lowest BCUT2D eigenvalue weighted by Gasteiger charge is -1.91. The number of carbonyl (C=O) groups is 1. The molecule has 0 aliphatic carbocycles. The predicted octanol–water partition coefficient (Wildman–Crippen LogP) is 0.873. The van der Waals surface area contributed by atoms with Gasteiger partial charge in [-0.3, -0.25) is 4.79 Å². The first-order valence-electron chi connectivity index (χ1n) is 3.85. The lowest BCUT2D eigenvalue weighted by molar-refractivity contribution is -0.116. The third-order valence-corrected chi connectivity index (χ3v) is 1.31. The molecule has 0 aromatic heterocycles. The quantitative estimate of drug-likeness (QED) is 0.496. The van der Waals surface area contributed by atoms with Gasteiger partial charge in [-0.2, -0.15) is 0 Å². The molecule has 13 heavy (non-hydrogen) atoms. The maximum atomic E-state index is 10.8. The van der Waals surface area contributed by atoms with E-state index >= 15 is 0 Å². The highest BCUT2D eigenvalue weighted by Gasteiger charge is 1.87. The van der Waals surface area contributed by atoms with Crippen LogP contribution >= 0.6 is 0 Å². The first-order chi connectivity index (χ1) is 6.24. The van der Waals surface area contributed by atoms with Crippen molar-refractivity contribution in [1.82, 2.24) is 5.32 Å². The average molecular weight is 178 g/mol. The monoisotopic (exact) mass is 178 g/mol. The minimum atomic E-state index is -0.149. The molecule has 3 heteroatoms.